The number of carbonyl (C=O) groups excluding carboxylic acids is 2. The topological polar surface area (TPSA) is 51.5 Å². The summed E-state index contributed by atoms with van der Waals surface area (Å²) in [6, 6.07) is 16.9. The van der Waals surface area contributed by atoms with E-state index in [0.29, 0.717) is 26.1 Å². The normalized spacial score (nSPS) is 17.2. The van der Waals surface area contributed by atoms with Gasteiger partial charge >= 0.3 is 5.97 Å². The fourth-order valence-corrected chi connectivity index (χ4v) is 4.98. The molecule has 0 N–H and O–H groups in total. The quantitative estimate of drug-likeness (QED) is 0.463. The molecule has 4 rings (SSSR count). The maximum absolute atomic E-state index is 13.5. The summed E-state index contributed by atoms with van der Waals surface area (Å²) in [6.07, 6.45) is 4.21. The van der Waals surface area contributed by atoms with E-state index in [-0.39, 0.29) is 23.7 Å². The van der Waals surface area contributed by atoms with Crippen LogP contribution in [0.5, 0.6) is 0 Å². The van der Waals surface area contributed by atoms with E-state index in [0.717, 1.165) is 24.9 Å². The van der Waals surface area contributed by atoms with Gasteiger partial charge in [-0.3, -0.25) is 9.59 Å². The summed E-state index contributed by atoms with van der Waals surface area (Å²) in [5.74, 6) is -0.347. The average Bonchev–Trinajstić information content (AvgIpc) is 3.22. The molecular formula is C28H34N2O3. The van der Waals surface area contributed by atoms with Crippen molar-refractivity contribution in [1.82, 2.24) is 9.47 Å². The zero-order valence-electron chi connectivity index (χ0n) is 19.9. The molecule has 1 amide bonds. The molecular weight excluding hydrogens is 412 g/mol. The predicted molar refractivity (Wildman–Crippen MR) is 131 cm³/mol. The molecule has 5 nitrogen and oxygen atoms in total. The Morgan fingerprint density at radius 3 is 2.58 bits per heavy atom. The number of aryl methyl sites for hydroxylation is 2. The van der Waals surface area contributed by atoms with E-state index in [1.165, 1.54) is 22.0 Å². The largest absolute Gasteiger partial charge is 0.466 e. The first-order valence-electron chi connectivity index (χ1n) is 12.1. The zero-order valence-corrected chi connectivity index (χ0v) is 19.9. The highest BCUT2D eigenvalue weighted by atomic mass is 16.5. The highest BCUT2D eigenvalue weighted by molar-refractivity contribution is 5.87. The predicted octanol–water partition coefficient (Wildman–Crippen LogP) is 5.29. The van der Waals surface area contributed by atoms with E-state index in [1.807, 2.05) is 11.8 Å². The average molecular weight is 447 g/mol. The summed E-state index contributed by atoms with van der Waals surface area (Å²) in [4.78, 5) is 27.7. The van der Waals surface area contributed by atoms with Crippen LogP contribution in [0.4, 0.5) is 0 Å². The van der Waals surface area contributed by atoms with Crippen LogP contribution in [0.25, 0.3) is 10.9 Å². The number of hydrogen-bond acceptors (Lipinski definition) is 3. The number of aromatic nitrogens is 1. The van der Waals surface area contributed by atoms with Crippen LogP contribution >= 0.6 is 0 Å². The van der Waals surface area contributed by atoms with Gasteiger partial charge in [0, 0.05) is 49.1 Å². The third kappa shape index (κ3) is 4.97. The first-order chi connectivity index (χ1) is 16.0. The standard InChI is InChI=1S/C28H34N2O3/c1-4-29-19-25(23-10-6-7-11-26(23)29)24(21-14-12-20(3)13-15-21)17-27(31)30-16-8-9-22(18-30)28(32)33-5-2/h6-7,10-15,19,22,24H,4-5,8-9,16-18H2,1-3H3/t22-,24-/m0/s1. The number of amides is 1. The first kappa shape index (κ1) is 23.1. The monoisotopic (exact) mass is 446 g/mol. The molecule has 2 heterocycles. The van der Waals surface area contributed by atoms with Crippen LogP contribution in [-0.2, 0) is 20.9 Å². The van der Waals surface area contributed by atoms with Crippen LogP contribution < -0.4 is 0 Å². The molecule has 1 aromatic heterocycles. The zero-order chi connectivity index (χ0) is 23.4. The first-order valence-corrected chi connectivity index (χ1v) is 12.1. The summed E-state index contributed by atoms with van der Waals surface area (Å²) < 4.78 is 7.48. The second kappa shape index (κ2) is 10.2. The molecule has 5 heteroatoms. The molecule has 0 aliphatic carbocycles. The minimum Gasteiger partial charge on any atom is -0.466 e. The van der Waals surface area contributed by atoms with Gasteiger partial charge in [-0.05, 0) is 50.8 Å². The highest BCUT2D eigenvalue weighted by Gasteiger charge is 2.31. The molecule has 1 fully saturated rings. The van der Waals surface area contributed by atoms with Crippen LogP contribution in [-0.4, -0.2) is 41.0 Å². The van der Waals surface area contributed by atoms with Crippen LogP contribution in [0.1, 0.15) is 55.7 Å². The van der Waals surface area contributed by atoms with Gasteiger partial charge in [0.2, 0.25) is 5.91 Å². The maximum atomic E-state index is 13.5. The Morgan fingerprint density at radius 1 is 1.09 bits per heavy atom. The molecule has 0 bridgehead atoms. The van der Waals surface area contributed by atoms with Crippen LogP contribution in [0, 0.1) is 12.8 Å². The summed E-state index contributed by atoms with van der Waals surface area (Å²) >= 11 is 0. The second-order valence-electron chi connectivity index (χ2n) is 8.99. The second-order valence-corrected chi connectivity index (χ2v) is 8.99. The van der Waals surface area contributed by atoms with Crippen molar-refractivity contribution < 1.29 is 14.3 Å². The Labute approximate surface area is 196 Å². The third-order valence-corrected chi connectivity index (χ3v) is 6.79. The van der Waals surface area contributed by atoms with Crippen LogP contribution in [0.3, 0.4) is 0 Å². The summed E-state index contributed by atoms with van der Waals surface area (Å²) in [5.41, 5.74) is 4.73. The van der Waals surface area contributed by atoms with Gasteiger partial charge in [0.05, 0.1) is 12.5 Å². The molecule has 174 valence electrons. The number of ether oxygens (including phenoxy) is 1. The Morgan fingerprint density at radius 2 is 1.85 bits per heavy atom. The van der Waals surface area contributed by atoms with Gasteiger partial charge in [0.25, 0.3) is 0 Å². The van der Waals surface area contributed by atoms with Crippen molar-refractivity contribution >= 4 is 22.8 Å². The van der Waals surface area contributed by atoms with Crippen molar-refractivity contribution in [3.8, 4) is 0 Å². The number of fused-ring (bicyclic) bond motifs is 1. The fourth-order valence-electron chi connectivity index (χ4n) is 4.98. The smallest absolute Gasteiger partial charge is 0.310 e. The molecule has 0 saturated carbocycles. The maximum Gasteiger partial charge on any atom is 0.310 e. The molecule has 3 aromatic rings. The summed E-state index contributed by atoms with van der Waals surface area (Å²) in [7, 11) is 0. The minimum absolute atomic E-state index is 0.0428. The van der Waals surface area contributed by atoms with Crippen LogP contribution in [0.2, 0.25) is 0 Å². The van der Waals surface area contributed by atoms with E-state index in [9.17, 15) is 9.59 Å². The Bertz CT molecular complexity index is 1120. The number of likely N-dealkylation sites (tertiary alicyclic amines) is 1. The molecule has 0 radical (unpaired) electrons. The summed E-state index contributed by atoms with van der Waals surface area (Å²) in [6.45, 7) is 8.45. The lowest BCUT2D eigenvalue weighted by Crippen LogP contribution is -2.43. The number of carbonyl (C=O) groups is 2. The number of hydrogen-bond donors (Lipinski definition) is 0. The minimum atomic E-state index is -0.220. The van der Waals surface area contributed by atoms with Crippen molar-refractivity contribution in [1.29, 1.82) is 0 Å². The van der Waals surface area contributed by atoms with Gasteiger partial charge in [-0.1, -0.05) is 48.0 Å². The Balaban J connectivity index is 1.65. The van der Waals surface area contributed by atoms with Gasteiger partial charge in [0.1, 0.15) is 0 Å². The number of benzene rings is 2. The van der Waals surface area contributed by atoms with Crippen molar-refractivity contribution in [2.45, 2.75) is 52.5 Å². The molecule has 2 aromatic carbocycles. The molecule has 0 spiro atoms. The van der Waals surface area contributed by atoms with Gasteiger partial charge < -0.3 is 14.2 Å². The molecule has 1 aliphatic heterocycles. The van der Waals surface area contributed by atoms with Crippen molar-refractivity contribution in [2.75, 3.05) is 19.7 Å². The van der Waals surface area contributed by atoms with E-state index >= 15 is 0 Å². The van der Waals surface area contributed by atoms with E-state index in [4.69, 9.17) is 4.74 Å². The van der Waals surface area contributed by atoms with Gasteiger partial charge in [-0.15, -0.1) is 0 Å². The van der Waals surface area contributed by atoms with Crippen molar-refractivity contribution in [2.24, 2.45) is 5.92 Å². The van der Waals surface area contributed by atoms with E-state index < -0.39 is 0 Å². The lowest BCUT2D eigenvalue weighted by Gasteiger charge is -2.32. The molecule has 33 heavy (non-hydrogen) atoms. The number of rotatable bonds is 7. The van der Waals surface area contributed by atoms with Crippen molar-refractivity contribution in [3.63, 3.8) is 0 Å². The number of nitrogens with zero attached hydrogens (tertiary/aromatic N) is 2. The van der Waals surface area contributed by atoms with Gasteiger partial charge in [-0.2, -0.15) is 0 Å². The SMILES string of the molecule is CCOC(=O)[C@H]1CCCN(C(=O)C[C@@H](c2ccc(C)cc2)c2cn(CC)c3ccccc23)C1. The van der Waals surface area contributed by atoms with Gasteiger partial charge in [-0.25, -0.2) is 0 Å². The highest BCUT2D eigenvalue weighted by Crippen LogP contribution is 2.36. The third-order valence-electron chi connectivity index (χ3n) is 6.79. The molecule has 1 saturated heterocycles. The molecule has 0 unspecified atom stereocenters. The van der Waals surface area contributed by atoms with Gasteiger partial charge in [0.15, 0.2) is 0 Å². The lowest BCUT2D eigenvalue weighted by atomic mass is 9.87. The molecule has 2 atom stereocenters. The Kier molecular flexibility index (Phi) is 7.17. The van der Waals surface area contributed by atoms with E-state index in [1.54, 1.807) is 0 Å². The molecule has 1 aliphatic rings. The number of piperidine rings is 1. The number of para-hydroxylation sites is 1. The van der Waals surface area contributed by atoms with Crippen molar-refractivity contribution in [3.05, 3.63) is 71.4 Å². The lowest BCUT2D eigenvalue weighted by molar-refractivity contribution is -0.151. The Hall–Kier alpha value is -3.08. The van der Waals surface area contributed by atoms with Crippen LogP contribution in [0.15, 0.2) is 54.7 Å². The fraction of sp³-hybridized carbons (Fsp3) is 0.429. The summed E-state index contributed by atoms with van der Waals surface area (Å²) in [5, 5.41) is 1.20. The van der Waals surface area contributed by atoms with E-state index in [2.05, 4.69) is 73.1 Å². The number of esters is 1.